The largest absolute Gasteiger partial charge is 0.481 e. The highest BCUT2D eigenvalue weighted by Crippen LogP contribution is 2.19. The van der Waals surface area contributed by atoms with E-state index in [1.54, 1.807) is 0 Å². The van der Waals surface area contributed by atoms with Gasteiger partial charge in [0.1, 0.15) is 0 Å². The average molecular weight is 214 g/mol. The minimum absolute atomic E-state index is 0.191. The molecule has 86 valence electrons. The summed E-state index contributed by atoms with van der Waals surface area (Å²) in [7, 11) is 0. The van der Waals surface area contributed by atoms with E-state index >= 15 is 0 Å². The van der Waals surface area contributed by atoms with Gasteiger partial charge in [0.15, 0.2) is 0 Å². The lowest BCUT2D eigenvalue weighted by Gasteiger charge is -2.45. The van der Waals surface area contributed by atoms with Crippen LogP contribution in [0.3, 0.4) is 0 Å². The quantitative estimate of drug-likeness (QED) is 0.592. The molecule has 0 aromatic heterocycles. The molecular weight excluding hydrogens is 196 g/mol. The molecule has 1 atom stereocenters. The fourth-order valence-electron chi connectivity index (χ4n) is 2.28. The zero-order valence-corrected chi connectivity index (χ0v) is 8.79. The van der Waals surface area contributed by atoms with Crippen LogP contribution < -0.4 is 10.6 Å². The van der Waals surface area contributed by atoms with Gasteiger partial charge in [0.25, 0.3) is 0 Å². The summed E-state index contributed by atoms with van der Waals surface area (Å²) >= 11 is 0. The Morgan fingerprint density at radius 1 is 1.60 bits per heavy atom. The lowest BCUT2D eigenvalue weighted by atomic mass is 9.87. The Morgan fingerprint density at radius 3 is 2.87 bits per heavy atom. The van der Waals surface area contributed by atoms with E-state index in [2.05, 4.69) is 10.6 Å². The van der Waals surface area contributed by atoms with E-state index in [0.29, 0.717) is 12.6 Å². The first-order valence-corrected chi connectivity index (χ1v) is 5.48. The monoisotopic (exact) mass is 214 g/mol. The number of hydrogen-bond donors (Lipinski definition) is 3. The lowest BCUT2D eigenvalue weighted by molar-refractivity contribution is -0.139. The number of aliphatic carboxylic acids is 1. The number of carboxylic acids is 1. The molecular formula is C10H18N2O3. The zero-order chi connectivity index (χ0) is 10.7. The summed E-state index contributed by atoms with van der Waals surface area (Å²) in [6, 6.07) is 0.320. The zero-order valence-electron chi connectivity index (χ0n) is 8.79. The Balaban J connectivity index is 1.86. The number of nitrogens with one attached hydrogen (secondary N) is 2. The summed E-state index contributed by atoms with van der Waals surface area (Å²) in [4.78, 5) is 10.8. The van der Waals surface area contributed by atoms with Gasteiger partial charge in [-0.1, -0.05) is 0 Å². The van der Waals surface area contributed by atoms with E-state index in [4.69, 9.17) is 9.84 Å². The molecule has 2 fully saturated rings. The summed E-state index contributed by atoms with van der Waals surface area (Å²) in [5, 5.41) is 15.4. The smallest absolute Gasteiger partial charge is 0.305 e. The van der Waals surface area contributed by atoms with Crippen LogP contribution in [0.5, 0.6) is 0 Å². The first-order chi connectivity index (χ1) is 7.20. The molecule has 2 aliphatic rings. The van der Waals surface area contributed by atoms with Crippen molar-refractivity contribution in [1.29, 1.82) is 0 Å². The standard InChI is InChI=1S/C10H18N2O3/c13-9(14)4-10(6-11-7-10)12-8-2-1-3-15-5-8/h8,11-12H,1-7H2,(H,13,14). The van der Waals surface area contributed by atoms with Crippen LogP contribution in [0.1, 0.15) is 19.3 Å². The van der Waals surface area contributed by atoms with Crippen molar-refractivity contribution >= 4 is 5.97 Å². The number of ether oxygens (including phenoxy) is 1. The molecule has 2 heterocycles. The molecule has 0 saturated carbocycles. The van der Waals surface area contributed by atoms with Crippen molar-refractivity contribution in [3.05, 3.63) is 0 Å². The van der Waals surface area contributed by atoms with Crippen molar-refractivity contribution in [3.8, 4) is 0 Å². The van der Waals surface area contributed by atoms with Crippen LogP contribution >= 0.6 is 0 Å². The molecule has 2 rings (SSSR count). The van der Waals surface area contributed by atoms with Crippen LogP contribution in [0.25, 0.3) is 0 Å². The van der Waals surface area contributed by atoms with Crippen molar-refractivity contribution < 1.29 is 14.6 Å². The molecule has 2 aliphatic heterocycles. The third-order valence-electron chi connectivity index (χ3n) is 3.09. The Hall–Kier alpha value is -0.650. The predicted octanol–water partition coefficient (Wildman–Crippen LogP) is -0.428. The second kappa shape index (κ2) is 4.47. The van der Waals surface area contributed by atoms with Gasteiger partial charge in [0.2, 0.25) is 0 Å². The molecule has 5 nitrogen and oxygen atoms in total. The van der Waals surface area contributed by atoms with Crippen LogP contribution in [0.2, 0.25) is 0 Å². The maximum atomic E-state index is 10.8. The minimum atomic E-state index is -0.735. The molecule has 0 aliphatic carbocycles. The third kappa shape index (κ3) is 2.68. The number of rotatable bonds is 4. The van der Waals surface area contributed by atoms with E-state index in [-0.39, 0.29) is 12.0 Å². The van der Waals surface area contributed by atoms with Crippen LogP contribution in [-0.2, 0) is 9.53 Å². The van der Waals surface area contributed by atoms with Gasteiger partial charge in [-0.25, -0.2) is 0 Å². The van der Waals surface area contributed by atoms with E-state index in [1.165, 1.54) is 0 Å². The molecule has 15 heavy (non-hydrogen) atoms. The highest BCUT2D eigenvalue weighted by molar-refractivity contribution is 5.68. The van der Waals surface area contributed by atoms with Crippen molar-refractivity contribution in [2.45, 2.75) is 30.8 Å². The van der Waals surface area contributed by atoms with Crippen LogP contribution in [0.15, 0.2) is 0 Å². The molecule has 3 N–H and O–H groups in total. The molecule has 0 aromatic carbocycles. The highest BCUT2D eigenvalue weighted by atomic mass is 16.5. The SMILES string of the molecule is O=C(O)CC1(NC2CCCOC2)CNC1. The fourth-order valence-corrected chi connectivity index (χ4v) is 2.28. The third-order valence-corrected chi connectivity index (χ3v) is 3.09. The topological polar surface area (TPSA) is 70.6 Å². The van der Waals surface area contributed by atoms with Gasteiger partial charge < -0.3 is 20.5 Å². The first kappa shape index (κ1) is 10.9. The van der Waals surface area contributed by atoms with Crippen LogP contribution in [0, 0.1) is 0 Å². The second-order valence-corrected chi connectivity index (χ2v) is 4.51. The minimum Gasteiger partial charge on any atom is -0.481 e. The van der Waals surface area contributed by atoms with Gasteiger partial charge in [-0.15, -0.1) is 0 Å². The molecule has 0 amide bonds. The molecule has 5 heteroatoms. The molecule has 0 spiro atoms. The molecule has 0 radical (unpaired) electrons. The molecule has 0 bridgehead atoms. The Labute approximate surface area is 89.2 Å². The maximum Gasteiger partial charge on any atom is 0.305 e. The maximum absolute atomic E-state index is 10.8. The summed E-state index contributed by atoms with van der Waals surface area (Å²) in [5.41, 5.74) is -0.239. The Morgan fingerprint density at radius 2 is 2.40 bits per heavy atom. The summed E-state index contributed by atoms with van der Waals surface area (Å²) in [6.07, 6.45) is 2.34. The first-order valence-electron chi connectivity index (χ1n) is 5.48. The second-order valence-electron chi connectivity index (χ2n) is 4.51. The van der Waals surface area contributed by atoms with Crippen molar-refractivity contribution in [2.24, 2.45) is 0 Å². The van der Waals surface area contributed by atoms with Crippen molar-refractivity contribution in [1.82, 2.24) is 10.6 Å². The molecule has 0 aromatic rings. The fraction of sp³-hybridized carbons (Fsp3) is 0.900. The molecule has 1 unspecified atom stereocenters. The number of hydrogen-bond acceptors (Lipinski definition) is 4. The number of carbonyl (C=O) groups is 1. The van der Waals surface area contributed by atoms with Crippen LogP contribution in [-0.4, -0.2) is 49.0 Å². The Bertz CT molecular complexity index is 235. The normalized spacial score (nSPS) is 29.5. The summed E-state index contributed by atoms with van der Waals surface area (Å²) < 4.78 is 5.37. The van der Waals surface area contributed by atoms with E-state index in [9.17, 15) is 4.79 Å². The van der Waals surface area contributed by atoms with Crippen LogP contribution in [0.4, 0.5) is 0 Å². The summed E-state index contributed by atoms with van der Waals surface area (Å²) in [6.45, 7) is 3.04. The Kier molecular flexibility index (Phi) is 3.23. The van der Waals surface area contributed by atoms with Gasteiger partial charge in [0.05, 0.1) is 18.6 Å². The molecule has 2 saturated heterocycles. The van der Waals surface area contributed by atoms with Crippen molar-refractivity contribution in [3.63, 3.8) is 0 Å². The van der Waals surface area contributed by atoms with Crippen molar-refractivity contribution in [2.75, 3.05) is 26.3 Å². The van der Waals surface area contributed by atoms with Gasteiger partial charge >= 0.3 is 5.97 Å². The van der Waals surface area contributed by atoms with Gasteiger partial charge in [-0.2, -0.15) is 0 Å². The predicted molar refractivity (Wildman–Crippen MR) is 54.8 cm³/mol. The van der Waals surface area contributed by atoms with E-state index in [1.807, 2.05) is 0 Å². The van der Waals surface area contributed by atoms with E-state index < -0.39 is 5.97 Å². The van der Waals surface area contributed by atoms with Gasteiger partial charge in [-0.3, -0.25) is 4.79 Å². The van der Waals surface area contributed by atoms with Gasteiger partial charge in [0, 0.05) is 25.7 Å². The van der Waals surface area contributed by atoms with Gasteiger partial charge in [-0.05, 0) is 12.8 Å². The average Bonchev–Trinajstić information content (AvgIpc) is 2.15. The number of carboxylic acid groups (broad SMARTS) is 1. The van der Waals surface area contributed by atoms with E-state index in [0.717, 1.165) is 32.5 Å². The highest BCUT2D eigenvalue weighted by Gasteiger charge is 2.40. The lowest BCUT2D eigenvalue weighted by Crippen LogP contribution is -2.71. The summed E-state index contributed by atoms with van der Waals surface area (Å²) in [5.74, 6) is -0.735.